The van der Waals surface area contributed by atoms with E-state index in [0.29, 0.717) is 13.2 Å². The van der Waals surface area contributed by atoms with Crippen LogP contribution in [0.5, 0.6) is 0 Å². The second-order valence-corrected chi connectivity index (χ2v) is 8.04. The lowest BCUT2D eigenvalue weighted by Gasteiger charge is -2.42. The Morgan fingerprint density at radius 2 is 2.10 bits per heavy atom. The fourth-order valence-corrected chi connectivity index (χ4v) is 5.06. The van der Waals surface area contributed by atoms with Gasteiger partial charge in [0.1, 0.15) is 0 Å². The molecule has 0 fully saturated rings. The zero-order valence-electron chi connectivity index (χ0n) is 17.1. The van der Waals surface area contributed by atoms with Crippen molar-refractivity contribution in [3.63, 3.8) is 0 Å². The number of hydrogen-bond donors (Lipinski definition) is 1. The topological polar surface area (TPSA) is 93.9 Å². The number of nitro benzene ring substituents is 1. The minimum Gasteiger partial charge on any atom is -0.448 e. The number of nitro groups is 1. The molecular formula is C23H23N3O5. The average molecular weight is 421 g/mol. The van der Waals surface area contributed by atoms with E-state index in [1.54, 1.807) is 25.1 Å². The quantitative estimate of drug-likeness (QED) is 0.450. The summed E-state index contributed by atoms with van der Waals surface area (Å²) in [6.45, 7) is 2.70. The van der Waals surface area contributed by atoms with Crippen LogP contribution < -0.4 is 5.32 Å². The molecule has 2 aliphatic heterocycles. The molecule has 2 aromatic rings. The Hall–Kier alpha value is -3.39. The number of nitrogens with zero attached hydrogens (tertiary/aromatic N) is 2. The third-order valence-electron chi connectivity index (χ3n) is 6.39. The molecule has 0 saturated carbocycles. The van der Waals surface area contributed by atoms with Crippen molar-refractivity contribution in [2.24, 2.45) is 0 Å². The van der Waals surface area contributed by atoms with Gasteiger partial charge in [-0.1, -0.05) is 30.3 Å². The largest absolute Gasteiger partial charge is 0.448 e. The van der Waals surface area contributed by atoms with Gasteiger partial charge in [0.05, 0.1) is 24.7 Å². The van der Waals surface area contributed by atoms with Gasteiger partial charge in [0, 0.05) is 35.7 Å². The van der Waals surface area contributed by atoms with E-state index in [1.807, 2.05) is 18.2 Å². The first-order valence-electron chi connectivity index (χ1n) is 10.4. The van der Waals surface area contributed by atoms with Crippen molar-refractivity contribution < 1.29 is 19.3 Å². The van der Waals surface area contributed by atoms with Gasteiger partial charge in [-0.05, 0) is 41.7 Å². The third-order valence-corrected chi connectivity index (χ3v) is 6.39. The zero-order chi connectivity index (χ0) is 21.5. The minimum absolute atomic E-state index is 0.0160. The molecule has 1 amide bonds. The predicted molar refractivity (Wildman–Crippen MR) is 114 cm³/mol. The van der Waals surface area contributed by atoms with Crippen molar-refractivity contribution in [3.05, 3.63) is 80.9 Å². The summed E-state index contributed by atoms with van der Waals surface area (Å²) in [5.41, 5.74) is 5.46. The molecule has 0 saturated heterocycles. The van der Waals surface area contributed by atoms with Gasteiger partial charge in [-0.25, -0.2) is 4.79 Å². The van der Waals surface area contributed by atoms with Crippen molar-refractivity contribution in [2.75, 3.05) is 25.1 Å². The van der Waals surface area contributed by atoms with Crippen LogP contribution in [0.4, 0.5) is 16.2 Å². The van der Waals surface area contributed by atoms with Gasteiger partial charge >= 0.3 is 6.09 Å². The minimum atomic E-state index is -0.485. The lowest BCUT2D eigenvalue weighted by atomic mass is 9.69. The molecule has 2 heterocycles. The highest BCUT2D eigenvalue weighted by molar-refractivity contribution is 5.68. The number of carbonyl (C=O) groups is 1. The SMILES string of the molecule is CCOC(=O)N1CC2=C(CO1)C[C@H]1c3cc([N+](=O)[O-])ccc3N[C@H]1C2c1ccccc1. The maximum atomic E-state index is 12.3. The summed E-state index contributed by atoms with van der Waals surface area (Å²) < 4.78 is 5.13. The Morgan fingerprint density at radius 1 is 1.29 bits per heavy atom. The van der Waals surface area contributed by atoms with Crippen LogP contribution in [0.25, 0.3) is 0 Å². The van der Waals surface area contributed by atoms with E-state index < -0.39 is 6.09 Å². The van der Waals surface area contributed by atoms with Crippen LogP contribution in [0.3, 0.4) is 0 Å². The summed E-state index contributed by atoms with van der Waals surface area (Å²) in [6.07, 6.45) is 0.252. The molecule has 31 heavy (non-hydrogen) atoms. The second kappa shape index (κ2) is 7.70. The number of hydrogen-bond acceptors (Lipinski definition) is 6. The van der Waals surface area contributed by atoms with Crippen molar-refractivity contribution in [3.8, 4) is 0 Å². The van der Waals surface area contributed by atoms with E-state index in [4.69, 9.17) is 9.57 Å². The molecule has 1 aliphatic carbocycles. The van der Waals surface area contributed by atoms with E-state index in [9.17, 15) is 14.9 Å². The molecule has 160 valence electrons. The summed E-state index contributed by atoms with van der Waals surface area (Å²) in [5, 5.41) is 16.3. The van der Waals surface area contributed by atoms with E-state index in [-0.39, 0.29) is 35.1 Å². The lowest BCUT2D eigenvalue weighted by molar-refractivity contribution is -0.384. The molecule has 0 radical (unpaired) electrons. The number of anilines is 1. The van der Waals surface area contributed by atoms with Crippen LogP contribution in [0, 0.1) is 10.1 Å². The first-order valence-corrected chi connectivity index (χ1v) is 10.4. The molecule has 2 aromatic carbocycles. The predicted octanol–water partition coefficient (Wildman–Crippen LogP) is 4.36. The summed E-state index contributed by atoms with van der Waals surface area (Å²) in [7, 11) is 0. The molecule has 1 unspecified atom stereocenters. The van der Waals surface area contributed by atoms with Crippen molar-refractivity contribution in [1.29, 1.82) is 0 Å². The first kappa shape index (κ1) is 19.6. The molecule has 8 nitrogen and oxygen atoms in total. The molecular weight excluding hydrogens is 398 g/mol. The molecule has 0 bridgehead atoms. The van der Waals surface area contributed by atoms with Gasteiger partial charge in [-0.2, -0.15) is 5.06 Å². The number of nitrogens with one attached hydrogen (secondary N) is 1. The third kappa shape index (κ3) is 3.33. The highest BCUT2D eigenvalue weighted by atomic mass is 16.7. The Bertz CT molecular complexity index is 1070. The van der Waals surface area contributed by atoms with Crippen LogP contribution in [0.2, 0.25) is 0 Å². The van der Waals surface area contributed by atoms with Crippen LogP contribution in [-0.4, -0.2) is 41.9 Å². The fraction of sp³-hybridized carbons (Fsp3) is 0.348. The summed E-state index contributed by atoms with van der Waals surface area (Å²) >= 11 is 0. The smallest absolute Gasteiger partial charge is 0.434 e. The van der Waals surface area contributed by atoms with Gasteiger partial charge in [-0.3, -0.25) is 15.0 Å². The maximum absolute atomic E-state index is 12.3. The van der Waals surface area contributed by atoms with E-state index >= 15 is 0 Å². The highest BCUT2D eigenvalue weighted by Crippen LogP contribution is 2.52. The van der Waals surface area contributed by atoms with E-state index in [1.165, 1.54) is 5.06 Å². The Morgan fingerprint density at radius 3 is 2.84 bits per heavy atom. The molecule has 5 rings (SSSR count). The van der Waals surface area contributed by atoms with Crippen molar-refractivity contribution in [2.45, 2.75) is 31.2 Å². The van der Waals surface area contributed by atoms with E-state index in [0.717, 1.165) is 34.4 Å². The number of hydroxylamine groups is 2. The number of rotatable bonds is 3. The van der Waals surface area contributed by atoms with Gasteiger partial charge in [-0.15, -0.1) is 0 Å². The summed E-state index contributed by atoms with van der Waals surface area (Å²) in [5.74, 6) is 0.110. The first-order chi connectivity index (χ1) is 15.1. The molecule has 8 heteroatoms. The van der Waals surface area contributed by atoms with Gasteiger partial charge < -0.3 is 10.1 Å². The van der Waals surface area contributed by atoms with Crippen LogP contribution in [0.1, 0.15) is 36.3 Å². The number of non-ortho nitro benzene ring substituents is 1. The van der Waals surface area contributed by atoms with Crippen LogP contribution in [-0.2, 0) is 9.57 Å². The molecule has 0 aromatic heterocycles. The number of ether oxygens (including phenoxy) is 1. The second-order valence-electron chi connectivity index (χ2n) is 8.04. The molecule has 3 atom stereocenters. The van der Waals surface area contributed by atoms with Gasteiger partial charge in [0.2, 0.25) is 0 Å². The van der Waals surface area contributed by atoms with Crippen LogP contribution in [0.15, 0.2) is 59.7 Å². The monoisotopic (exact) mass is 421 g/mol. The van der Waals surface area contributed by atoms with Gasteiger partial charge in [0.25, 0.3) is 5.69 Å². The van der Waals surface area contributed by atoms with Gasteiger partial charge in [0.15, 0.2) is 0 Å². The summed E-state index contributed by atoms with van der Waals surface area (Å²) in [4.78, 5) is 29.0. The fourth-order valence-electron chi connectivity index (χ4n) is 5.06. The Labute approximate surface area is 179 Å². The number of amides is 1. The number of benzene rings is 2. The van der Waals surface area contributed by atoms with E-state index in [2.05, 4.69) is 17.4 Å². The number of fused-ring (bicyclic) bond motifs is 3. The number of carbonyl (C=O) groups excluding carboxylic acids is 1. The average Bonchev–Trinajstić information content (AvgIpc) is 3.15. The maximum Gasteiger partial charge on any atom is 0.434 e. The molecule has 3 aliphatic rings. The standard InChI is InChI=1S/C23H23N3O5/c1-2-30-23(27)25-12-19-15(13-31-25)10-18-17-11-16(26(28)29)8-9-20(17)24-22(18)21(19)14-6-4-3-5-7-14/h3-9,11,18,21-22,24H,2,10,12-13H2,1H3/t18-,21?,22+/m0/s1. The molecule has 0 spiro atoms. The van der Waals surface area contributed by atoms with Crippen molar-refractivity contribution in [1.82, 2.24) is 5.06 Å². The van der Waals surface area contributed by atoms with Crippen LogP contribution >= 0.6 is 0 Å². The Kier molecular flexibility index (Phi) is 4.86. The Balaban J connectivity index is 1.56. The lowest BCUT2D eigenvalue weighted by Crippen LogP contribution is -2.44. The van der Waals surface area contributed by atoms with Crippen molar-refractivity contribution >= 4 is 17.5 Å². The summed E-state index contributed by atoms with van der Waals surface area (Å²) in [6, 6.07) is 15.3. The highest BCUT2D eigenvalue weighted by Gasteiger charge is 2.46. The normalized spacial score (nSPS) is 24.0. The zero-order valence-corrected chi connectivity index (χ0v) is 17.1. The molecule has 1 N–H and O–H groups in total.